The molecule has 0 spiro atoms. The van der Waals surface area contributed by atoms with E-state index >= 15 is 0 Å². The zero-order valence-electron chi connectivity index (χ0n) is 11.0. The van der Waals surface area contributed by atoms with Gasteiger partial charge in [0.25, 0.3) is 5.56 Å². The van der Waals surface area contributed by atoms with E-state index in [1.165, 1.54) is 11.3 Å². The Balaban J connectivity index is 2.00. The van der Waals surface area contributed by atoms with Crippen molar-refractivity contribution < 1.29 is 4.42 Å². The number of thiophene rings is 1. The molecular weight excluding hydrogens is 352 g/mol. The molecule has 1 aromatic carbocycles. The van der Waals surface area contributed by atoms with Gasteiger partial charge in [-0.3, -0.25) is 4.79 Å². The predicted molar refractivity (Wildman–Crippen MR) is 87.8 cm³/mol. The number of fused-ring (bicyclic) bond motifs is 2. The average Bonchev–Trinajstić information content (AvgIpc) is 3.09. The van der Waals surface area contributed by atoms with Crippen LogP contribution in [0.3, 0.4) is 0 Å². The highest BCUT2D eigenvalue weighted by atomic mass is 79.9. The van der Waals surface area contributed by atoms with Crippen molar-refractivity contribution >= 4 is 48.5 Å². The minimum absolute atomic E-state index is 0.0134. The summed E-state index contributed by atoms with van der Waals surface area (Å²) in [6.45, 7) is 0. The standard InChI is InChI=1S/C15H9BrN2O2S/c1-18-7-9(16)8-6-12(21-13(8)15(18)19)14-17-10-4-2-3-5-11(10)20-14/h2-7H,1H3. The summed E-state index contributed by atoms with van der Waals surface area (Å²) in [5.74, 6) is 0.548. The number of halogens is 1. The normalized spacial score (nSPS) is 11.5. The number of benzene rings is 1. The third-order valence-corrected chi connectivity index (χ3v) is 5.06. The van der Waals surface area contributed by atoms with E-state index in [0.29, 0.717) is 10.6 Å². The van der Waals surface area contributed by atoms with Gasteiger partial charge in [-0.15, -0.1) is 11.3 Å². The highest BCUT2D eigenvalue weighted by Crippen LogP contribution is 2.35. The fraction of sp³-hybridized carbons (Fsp3) is 0.0667. The van der Waals surface area contributed by atoms with E-state index in [1.54, 1.807) is 17.8 Å². The molecule has 6 heteroatoms. The lowest BCUT2D eigenvalue weighted by Gasteiger charge is -1.98. The minimum atomic E-state index is -0.0134. The van der Waals surface area contributed by atoms with E-state index < -0.39 is 0 Å². The number of nitrogens with zero attached hydrogens (tertiary/aromatic N) is 2. The van der Waals surface area contributed by atoms with Crippen LogP contribution >= 0.6 is 27.3 Å². The molecule has 0 amide bonds. The molecule has 0 unspecified atom stereocenters. The first-order chi connectivity index (χ1) is 10.1. The number of oxazole rings is 1. The Morgan fingerprint density at radius 1 is 1.33 bits per heavy atom. The van der Waals surface area contributed by atoms with Crippen molar-refractivity contribution in [2.24, 2.45) is 7.05 Å². The quantitative estimate of drug-likeness (QED) is 0.511. The predicted octanol–water partition coefficient (Wildman–Crippen LogP) is 4.17. The highest BCUT2D eigenvalue weighted by molar-refractivity contribution is 9.10. The monoisotopic (exact) mass is 360 g/mol. The molecule has 0 aliphatic carbocycles. The topological polar surface area (TPSA) is 48.0 Å². The molecule has 0 fully saturated rings. The molecule has 4 nitrogen and oxygen atoms in total. The lowest BCUT2D eigenvalue weighted by molar-refractivity contribution is 0.622. The van der Waals surface area contributed by atoms with Crippen LogP contribution in [0.15, 0.2) is 50.2 Å². The Labute approximate surface area is 131 Å². The second-order valence-electron chi connectivity index (χ2n) is 4.73. The largest absolute Gasteiger partial charge is 0.435 e. The second-order valence-corrected chi connectivity index (χ2v) is 6.64. The molecule has 0 bridgehead atoms. The van der Waals surface area contributed by atoms with Crippen molar-refractivity contribution in [3.05, 3.63) is 51.4 Å². The molecule has 3 aromatic heterocycles. The van der Waals surface area contributed by atoms with E-state index in [1.807, 2.05) is 30.3 Å². The van der Waals surface area contributed by atoms with Crippen molar-refractivity contribution in [1.82, 2.24) is 9.55 Å². The molecule has 21 heavy (non-hydrogen) atoms. The van der Waals surface area contributed by atoms with Gasteiger partial charge in [-0.25, -0.2) is 4.98 Å². The first-order valence-electron chi connectivity index (χ1n) is 6.28. The second kappa shape index (κ2) is 4.54. The molecule has 104 valence electrons. The van der Waals surface area contributed by atoms with Gasteiger partial charge in [0, 0.05) is 23.1 Å². The Bertz CT molecular complexity index is 1010. The number of aryl methyl sites for hydroxylation is 1. The molecule has 0 atom stereocenters. The zero-order valence-corrected chi connectivity index (χ0v) is 13.4. The van der Waals surface area contributed by atoms with Gasteiger partial charge >= 0.3 is 0 Å². The molecule has 3 heterocycles. The van der Waals surface area contributed by atoms with Crippen LogP contribution in [0.25, 0.3) is 32.0 Å². The van der Waals surface area contributed by atoms with Gasteiger partial charge in [-0.05, 0) is 34.1 Å². The maximum Gasteiger partial charge on any atom is 0.268 e. The Morgan fingerprint density at radius 3 is 2.95 bits per heavy atom. The van der Waals surface area contributed by atoms with Crippen molar-refractivity contribution in [3.63, 3.8) is 0 Å². The maximum absolute atomic E-state index is 12.2. The van der Waals surface area contributed by atoms with Crippen LogP contribution < -0.4 is 5.56 Å². The number of para-hydroxylation sites is 2. The SMILES string of the molecule is Cn1cc(Br)c2cc(-c3nc4ccccc4o3)sc2c1=O. The Hall–Kier alpha value is -1.92. The number of aromatic nitrogens is 2. The van der Waals surface area contributed by atoms with Gasteiger partial charge in [0.15, 0.2) is 5.58 Å². The molecular formula is C15H9BrN2O2S. The van der Waals surface area contributed by atoms with E-state index in [0.717, 1.165) is 25.8 Å². The van der Waals surface area contributed by atoms with Gasteiger partial charge in [0.05, 0.1) is 4.88 Å². The van der Waals surface area contributed by atoms with Crippen molar-refractivity contribution in [2.45, 2.75) is 0 Å². The molecule has 0 saturated carbocycles. The lowest BCUT2D eigenvalue weighted by Crippen LogP contribution is -2.14. The third-order valence-electron chi connectivity index (χ3n) is 3.32. The van der Waals surface area contributed by atoms with Crippen LogP contribution in [-0.2, 0) is 7.05 Å². The lowest BCUT2D eigenvalue weighted by atomic mass is 10.3. The molecule has 0 aliphatic heterocycles. The van der Waals surface area contributed by atoms with Crippen LogP contribution in [0.4, 0.5) is 0 Å². The van der Waals surface area contributed by atoms with Crippen molar-refractivity contribution in [3.8, 4) is 10.8 Å². The smallest absolute Gasteiger partial charge is 0.268 e. The first kappa shape index (κ1) is 12.8. The molecule has 0 saturated heterocycles. The fourth-order valence-corrected chi connectivity index (χ4v) is 4.10. The summed E-state index contributed by atoms with van der Waals surface area (Å²) in [6.07, 6.45) is 1.77. The van der Waals surface area contributed by atoms with Gasteiger partial charge in [-0.1, -0.05) is 12.1 Å². The molecule has 4 rings (SSSR count). The number of rotatable bonds is 1. The third kappa shape index (κ3) is 1.94. The van der Waals surface area contributed by atoms with Gasteiger partial charge in [-0.2, -0.15) is 0 Å². The van der Waals surface area contributed by atoms with E-state index in [2.05, 4.69) is 20.9 Å². The minimum Gasteiger partial charge on any atom is -0.435 e. The summed E-state index contributed by atoms with van der Waals surface area (Å²) in [6, 6.07) is 9.56. The van der Waals surface area contributed by atoms with Crippen LogP contribution in [0.2, 0.25) is 0 Å². The number of hydrogen-bond donors (Lipinski definition) is 0. The van der Waals surface area contributed by atoms with Crippen LogP contribution in [0.1, 0.15) is 0 Å². The van der Waals surface area contributed by atoms with Gasteiger partial charge in [0.2, 0.25) is 5.89 Å². The summed E-state index contributed by atoms with van der Waals surface area (Å²) >= 11 is 4.90. The summed E-state index contributed by atoms with van der Waals surface area (Å²) < 4.78 is 8.92. The summed E-state index contributed by atoms with van der Waals surface area (Å²) in [7, 11) is 1.74. The van der Waals surface area contributed by atoms with Crippen molar-refractivity contribution in [1.29, 1.82) is 0 Å². The van der Waals surface area contributed by atoms with Crippen LogP contribution in [0, 0.1) is 0 Å². The van der Waals surface area contributed by atoms with E-state index in [4.69, 9.17) is 4.42 Å². The Morgan fingerprint density at radius 2 is 2.14 bits per heavy atom. The van der Waals surface area contributed by atoms with E-state index in [9.17, 15) is 4.79 Å². The van der Waals surface area contributed by atoms with Crippen LogP contribution in [-0.4, -0.2) is 9.55 Å². The molecule has 4 aromatic rings. The Kier molecular flexibility index (Phi) is 2.77. The number of pyridine rings is 1. The maximum atomic E-state index is 12.2. The summed E-state index contributed by atoms with van der Waals surface area (Å²) in [5, 5.41) is 0.889. The number of hydrogen-bond acceptors (Lipinski definition) is 4. The van der Waals surface area contributed by atoms with E-state index in [-0.39, 0.29) is 5.56 Å². The van der Waals surface area contributed by atoms with Crippen LogP contribution in [0.5, 0.6) is 0 Å². The molecule has 0 N–H and O–H groups in total. The summed E-state index contributed by atoms with van der Waals surface area (Å²) in [4.78, 5) is 17.5. The van der Waals surface area contributed by atoms with Gasteiger partial charge in [0.1, 0.15) is 10.2 Å². The summed E-state index contributed by atoms with van der Waals surface area (Å²) in [5.41, 5.74) is 1.55. The zero-order chi connectivity index (χ0) is 14.6. The molecule has 0 aliphatic rings. The highest BCUT2D eigenvalue weighted by Gasteiger charge is 2.15. The molecule has 0 radical (unpaired) electrons. The average molecular weight is 361 g/mol. The van der Waals surface area contributed by atoms with Crippen molar-refractivity contribution in [2.75, 3.05) is 0 Å². The first-order valence-corrected chi connectivity index (χ1v) is 7.89. The fourth-order valence-electron chi connectivity index (χ4n) is 2.27. The van der Waals surface area contributed by atoms with Gasteiger partial charge < -0.3 is 8.98 Å².